The van der Waals surface area contributed by atoms with Crippen molar-refractivity contribution in [1.29, 1.82) is 5.26 Å². The summed E-state index contributed by atoms with van der Waals surface area (Å²) >= 11 is 0.972. The van der Waals surface area contributed by atoms with Crippen LogP contribution in [0.25, 0.3) is 0 Å². The highest BCUT2D eigenvalue weighted by atomic mass is 32.1. The van der Waals surface area contributed by atoms with Gasteiger partial charge in [0.1, 0.15) is 21.6 Å². The topological polar surface area (TPSA) is 71.1 Å². The van der Waals surface area contributed by atoms with Crippen molar-refractivity contribution in [2.24, 2.45) is 0 Å². The Kier molecular flexibility index (Phi) is 4.07. The molecule has 0 fully saturated rings. The van der Waals surface area contributed by atoms with Crippen LogP contribution in [0.15, 0.2) is 0 Å². The highest BCUT2D eigenvalue weighted by Crippen LogP contribution is 2.42. The molecule has 1 aromatic heterocycles. The normalized spacial score (nSPS) is 11.0. The van der Waals surface area contributed by atoms with Gasteiger partial charge >= 0.3 is 6.18 Å². The number of methoxy groups -OCH3 is 1. The number of nitrogens with zero attached hydrogens (tertiary/aromatic N) is 1. The lowest BCUT2D eigenvalue weighted by Crippen LogP contribution is -2.14. The van der Waals surface area contributed by atoms with Gasteiger partial charge in [0.05, 0.1) is 13.5 Å². The monoisotopic (exact) mass is 265 g/mol. The van der Waals surface area contributed by atoms with Crippen LogP contribution in [-0.4, -0.2) is 19.8 Å². The average molecular weight is 265 g/mol. The van der Waals surface area contributed by atoms with Crippen LogP contribution in [0.3, 0.4) is 0 Å². The fourth-order valence-corrected chi connectivity index (χ4v) is 2.06. The Bertz CT molecular complexity index is 436. The zero-order valence-corrected chi connectivity index (χ0v) is 9.71. The predicted molar refractivity (Wildman–Crippen MR) is 59.2 cm³/mol. The molecule has 0 amide bonds. The van der Waals surface area contributed by atoms with Gasteiger partial charge in [0.2, 0.25) is 0 Å². The van der Waals surface area contributed by atoms with Gasteiger partial charge in [-0.2, -0.15) is 18.4 Å². The van der Waals surface area contributed by atoms with E-state index in [1.807, 2.05) is 6.07 Å². The molecule has 0 radical (unpaired) electrons. The van der Waals surface area contributed by atoms with Gasteiger partial charge in [0, 0.05) is 6.54 Å². The van der Waals surface area contributed by atoms with Crippen LogP contribution in [0.2, 0.25) is 0 Å². The van der Waals surface area contributed by atoms with Crippen LogP contribution >= 0.6 is 11.3 Å². The lowest BCUT2D eigenvalue weighted by atomic mass is 10.3. The number of nitrogens with two attached hydrogens (primary N) is 1. The second-order valence-corrected chi connectivity index (χ2v) is 4.13. The molecule has 1 heterocycles. The van der Waals surface area contributed by atoms with E-state index >= 15 is 0 Å². The van der Waals surface area contributed by atoms with Gasteiger partial charge in [0.15, 0.2) is 5.75 Å². The minimum atomic E-state index is -4.22. The van der Waals surface area contributed by atoms with Crippen LogP contribution in [0.5, 0.6) is 5.75 Å². The maximum Gasteiger partial charge on any atom is 0.390 e. The van der Waals surface area contributed by atoms with E-state index in [1.165, 1.54) is 7.11 Å². The van der Waals surface area contributed by atoms with Crippen LogP contribution < -0.4 is 15.8 Å². The van der Waals surface area contributed by atoms with E-state index in [-0.39, 0.29) is 22.9 Å². The first-order valence-corrected chi connectivity index (χ1v) is 5.37. The molecule has 17 heavy (non-hydrogen) atoms. The molecular weight excluding hydrogens is 255 g/mol. The molecule has 0 aliphatic rings. The summed E-state index contributed by atoms with van der Waals surface area (Å²) in [5, 5.41) is 11.6. The third kappa shape index (κ3) is 3.42. The van der Waals surface area contributed by atoms with Crippen molar-refractivity contribution in [3.63, 3.8) is 0 Å². The van der Waals surface area contributed by atoms with Crippen molar-refractivity contribution in [1.82, 2.24) is 0 Å². The quantitative estimate of drug-likeness (QED) is 0.877. The molecule has 0 aliphatic carbocycles. The number of ether oxygens (including phenoxy) is 1. The van der Waals surface area contributed by atoms with Crippen LogP contribution in [-0.2, 0) is 0 Å². The Morgan fingerprint density at radius 1 is 1.53 bits per heavy atom. The zero-order valence-electron chi connectivity index (χ0n) is 8.89. The molecule has 0 spiro atoms. The number of thiophene rings is 1. The van der Waals surface area contributed by atoms with E-state index < -0.39 is 12.6 Å². The first-order chi connectivity index (χ1) is 7.89. The fraction of sp³-hybridized carbons (Fsp3) is 0.444. The first kappa shape index (κ1) is 13.4. The Balaban J connectivity index is 2.75. The molecule has 94 valence electrons. The van der Waals surface area contributed by atoms with Crippen molar-refractivity contribution >= 4 is 22.0 Å². The summed E-state index contributed by atoms with van der Waals surface area (Å²) in [6, 6.07) is 1.85. The number of nitrogens with one attached hydrogen (secondary N) is 1. The SMILES string of the molecule is COc1c(NCCC(F)(F)F)sc(C#N)c1N. The second kappa shape index (κ2) is 5.14. The summed E-state index contributed by atoms with van der Waals surface area (Å²) in [5.41, 5.74) is 5.73. The van der Waals surface area contributed by atoms with Crippen molar-refractivity contribution in [3.05, 3.63) is 4.88 Å². The summed E-state index contributed by atoms with van der Waals surface area (Å²) in [5.74, 6) is 0.216. The van der Waals surface area contributed by atoms with Crippen LogP contribution in [0.4, 0.5) is 23.9 Å². The molecule has 0 bridgehead atoms. The maximum absolute atomic E-state index is 11.9. The summed E-state index contributed by atoms with van der Waals surface area (Å²) in [6.45, 7) is -0.287. The molecule has 0 atom stereocenters. The Hall–Kier alpha value is -1.62. The van der Waals surface area contributed by atoms with E-state index in [9.17, 15) is 13.2 Å². The summed E-state index contributed by atoms with van der Waals surface area (Å²) in [6.07, 6.45) is -5.18. The summed E-state index contributed by atoms with van der Waals surface area (Å²) < 4.78 is 40.8. The molecule has 1 aromatic rings. The Morgan fingerprint density at radius 3 is 2.65 bits per heavy atom. The van der Waals surface area contributed by atoms with Crippen molar-refractivity contribution in [2.75, 3.05) is 24.7 Å². The third-order valence-corrected chi connectivity index (χ3v) is 2.95. The maximum atomic E-state index is 11.9. The summed E-state index contributed by atoms with van der Waals surface area (Å²) in [7, 11) is 1.34. The van der Waals surface area contributed by atoms with Gasteiger partial charge in [0.25, 0.3) is 0 Å². The number of anilines is 2. The minimum absolute atomic E-state index is 0.148. The highest BCUT2D eigenvalue weighted by Gasteiger charge is 2.26. The van der Waals surface area contributed by atoms with E-state index in [2.05, 4.69) is 5.32 Å². The number of halogens is 3. The smallest absolute Gasteiger partial charge is 0.390 e. The largest absolute Gasteiger partial charge is 0.492 e. The Labute approximate surface area is 99.8 Å². The molecule has 3 N–H and O–H groups in total. The number of hydrogen-bond donors (Lipinski definition) is 2. The van der Waals surface area contributed by atoms with Crippen LogP contribution in [0, 0.1) is 11.3 Å². The highest BCUT2D eigenvalue weighted by molar-refractivity contribution is 7.17. The Morgan fingerprint density at radius 2 is 2.18 bits per heavy atom. The van der Waals surface area contributed by atoms with Gasteiger partial charge in [-0.05, 0) is 0 Å². The first-order valence-electron chi connectivity index (χ1n) is 4.56. The minimum Gasteiger partial charge on any atom is -0.492 e. The van der Waals surface area contributed by atoms with Crippen molar-refractivity contribution in [2.45, 2.75) is 12.6 Å². The van der Waals surface area contributed by atoms with Gasteiger partial charge < -0.3 is 15.8 Å². The molecule has 0 unspecified atom stereocenters. The number of rotatable bonds is 4. The molecule has 0 aliphatic heterocycles. The van der Waals surface area contributed by atoms with Crippen LogP contribution in [0.1, 0.15) is 11.3 Å². The lowest BCUT2D eigenvalue weighted by molar-refractivity contribution is -0.131. The average Bonchev–Trinajstić information content (AvgIpc) is 2.53. The van der Waals surface area contributed by atoms with Crippen molar-refractivity contribution in [3.8, 4) is 11.8 Å². The molecule has 0 saturated heterocycles. The number of alkyl halides is 3. The molecule has 4 nitrogen and oxygen atoms in total. The molecule has 1 rings (SSSR count). The standard InChI is InChI=1S/C9H10F3N3OS/c1-16-7-6(14)5(4-13)17-8(7)15-3-2-9(10,11)12/h15H,2-3,14H2,1H3. The van der Waals surface area contributed by atoms with E-state index in [0.29, 0.717) is 5.00 Å². The van der Waals surface area contributed by atoms with Gasteiger partial charge in [-0.1, -0.05) is 0 Å². The van der Waals surface area contributed by atoms with Crippen molar-refractivity contribution < 1.29 is 17.9 Å². The zero-order chi connectivity index (χ0) is 13.1. The van der Waals surface area contributed by atoms with E-state index in [4.69, 9.17) is 15.7 Å². The summed E-state index contributed by atoms with van der Waals surface area (Å²) in [4.78, 5) is 0.219. The van der Waals surface area contributed by atoms with Gasteiger partial charge in [-0.3, -0.25) is 0 Å². The molecule has 0 saturated carbocycles. The molecule has 0 aromatic carbocycles. The fourth-order valence-electron chi connectivity index (χ4n) is 1.15. The van der Waals surface area contributed by atoms with E-state index in [1.54, 1.807) is 0 Å². The third-order valence-electron chi connectivity index (χ3n) is 1.90. The molecule has 8 heteroatoms. The van der Waals surface area contributed by atoms with Gasteiger partial charge in [-0.25, -0.2) is 0 Å². The lowest BCUT2D eigenvalue weighted by Gasteiger charge is -2.08. The number of nitrogen functional groups attached to an aromatic ring is 1. The van der Waals surface area contributed by atoms with Gasteiger partial charge in [-0.15, -0.1) is 11.3 Å². The number of nitriles is 1. The number of hydrogen-bond acceptors (Lipinski definition) is 5. The second-order valence-electron chi connectivity index (χ2n) is 3.11. The molecular formula is C9H10F3N3OS. The van der Waals surface area contributed by atoms with E-state index in [0.717, 1.165) is 11.3 Å². The predicted octanol–water partition coefficient (Wildman–Crippen LogP) is 2.57.